The summed E-state index contributed by atoms with van der Waals surface area (Å²) in [6.45, 7) is 1.64. The lowest BCUT2D eigenvalue weighted by molar-refractivity contribution is 0.131. The van der Waals surface area contributed by atoms with Gasteiger partial charge in [0.1, 0.15) is 0 Å². The van der Waals surface area contributed by atoms with Gasteiger partial charge in [0.15, 0.2) is 11.5 Å². The van der Waals surface area contributed by atoms with Crippen molar-refractivity contribution in [1.82, 2.24) is 5.32 Å². The lowest BCUT2D eigenvalue weighted by Gasteiger charge is -2.17. The van der Waals surface area contributed by atoms with E-state index in [1.54, 1.807) is 26.0 Å². The van der Waals surface area contributed by atoms with E-state index in [9.17, 15) is 5.11 Å². The fourth-order valence-corrected chi connectivity index (χ4v) is 3.50. The normalized spacial score (nSPS) is 21.5. The Morgan fingerprint density at radius 3 is 2.52 bits per heavy atom. The maximum atomic E-state index is 9.86. The number of ether oxygens (including phenoxy) is 2. The number of methoxy groups -OCH3 is 2. The van der Waals surface area contributed by atoms with E-state index in [0.717, 1.165) is 43.9 Å². The Morgan fingerprint density at radius 1 is 1.24 bits per heavy atom. The smallest absolute Gasteiger partial charge is 0.161 e. The summed E-state index contributed by atoms with van der Waals surface area (Å²) < 4.78 is 10.7. The molecule has 1 aromatic carbocycles. The predicted octanol–water partition coefficient (Wildman–Crippen LogP) is 2.68. The van der Waals surface area contributed by atoms with Crippen molar-refractivity contribution < 1.29 is 14.6 Å². The van der Waals surface area contributed by atoms with Gasteiger partial charge < -0.3 is 19.9 Å². The summed E-state index contributed by atoms with van der Waals surface area (Å²) in [4.78, 5) is 1.19. The van der Waals surface area contributed by atoms with Crippen molar-refractivity contribution in [2.75, 3.05) is 27.0 Å². The number of hydrogen-bond donors (Lipinski definition) is 2. The van der Waals surface area contributed by atoms with Gasteiger partial charge in [-0.15, -0.1) is 11.8 Å². The van der Waals surface area contributed by atoms with Crippen LogP contribution in [0.25, 0.3) is 0 Å². The highest BCUT2D eigenvalue weighted by Crippen LogP contribution is 2.34. The van der Waals surface area contributed by atoms with Crippen molar-refractivity contribution in [3.05, 3.63) is 17.7 Å². The molecule has 2 N–H and O–H groups in total. The molecular formula is C16H25NO3S. The average molecular weight is 311 g/mol. The first-order valence-electron chi connectivity index (χ1n) is 7.37. The summed E-state index contributed by atoms with van der Waals surface area (Å²) in [5.41, 5.74) is 1.20. The van der Waals surface area contributed by atoms with Gasteiger partial charge in [0.05, 0.1) is 20.3 Å². The molecule has 2 unspecified atom stereocenters. The average Bonchev–Trinajstić information content (AvgIpc) is 2.92. The molecule has 0 amide bonds. The fraction of sp³-hybridized carbons (Fsp3) is 0.625. The zero-order chi connectivity index (χ0) is 15.2. The number of hydrogen-bond acceptors (Lipinski definition) is 5. The maximum Gasteiger partial charge on any atom is 0.161 e. The fourth-order valence-electron chi connectivity index (χ4n) is 2.88. The molecule has 118 valence electrons. The van der Waals surface area contributed by atoms with Crippen LogP contribution in [0.15, 0.2) is 17.0 Å². The molecule has 2 rings (SSSR count). The van der Waals surface area contributed by atoms with Gasteiger partial charge in [0.25, 0.3) is 0 Å². The summed E-state index contributed by atoms with van der Waals surface area (Å²) in [7, 11) is 3.31. The van der Waals surface area contributed by atoms with Crippen LogP contribution >= 0.6 is 11.8 Å². The molecule has 0 aromatic heterocycles. The molecule has 1 saturated carbocycles. The summed E-state index contributed by atoms with van der Waals surface area (Å²) in [6, 6.07) is 4.05. The third kappa shape index (κ3) is 4.05. The quantitative estimate of drug-likeness (QED) is 0.758. The topological polar surface area (TPSA) is 50.7 Å². The Balaban J connectivity index is 2.01. The van der Waals surface area contributed by atoms with E-state index in [1.807, 2.05) is 12.1 Å². The molecule has 0 saturated heterocycles. The van der Waals surface area contributed by atoms with Crippen LogP contribution in [0.5, 0.6) is 11.5 Å². The Kier molecular flexibility index (Phi) is 6.21. The number of thioether (sulfide) groups is 1. The van der Waals surface area contributed by atoms with Gasteiger partial charge in [0.2, 0.25) is 0 Å². The highest BCUT2D eigenvalue weighted by Gasteiger charge is 2.24. The minimum atomic E-state index is -0.136. The van der Waals surface area contributed by atoms with Crippen LogP contribution in [0.1, 0.15) is 24.8 Å². The molecular weight excluding hydrogens is 286 g/mol. The molecule has 0 heterocycles. The Labute approximate surface area is 131 Å². The Morgan fingerprint density at radius 2 is 1.95 bits per heavy atom. The van der Waals surface area contributed by atoms with E-state index in [2.05, 4.69) is 11.6 Å². The second kappa shape index (κ2) is 7.92. The summed E-state index contributed by atoms with van der Waals surface area (Å²) in [6.07, 6.45) is 5.13. The molecule has 1 aliphatic carbocycles. The van der Waals surface area contributed by atoms with Gasteiger partial charge in [-0.2, -0.15) is 0 Å². The zero-order valence-electron chi connectivity index (χ0n) is 13.0. The number of aliphatic hydroxyl groups is 1. The summed E-state index contributed by atoms with van der Waals surface area (Å²) >= 11 is 1.70. The molecule has 5 heteroatoms. The standard InChI is InChI=1S/C16H25NO3S/c1-19-14-7-12(16(21-3)8-15(14)20-2)10-17-9-11-5-4-6-13(11)18/h7-8,11,13,17-18H,4-6,9-10H2,1-3H3. The summed E-state index contributed by atoms with van der Waals surface area (Å²) in [5, 5.41) is 13.3. The van der Waals surface area contributed by atoms with E-state index in [-0.39, 0.29) is 6.10 Å². The van der Waals surface area contributed by atoms with E-state index >= 15 is 0 Å². The molecule has 0 radical (unpaired) electrons. The molecule has 0 bridgehead atoms. The largest absolute Gasteiger partial charge is 0.493 e. The minimum absolute atomic E-state index is 0.136. The van der Waals surface area contributed by atoms with Crippen LogP contribution in [0.3, 0.4) is 0 Å². The van der Waals surface area contributed by atoms with Gasteiger partial charge in [-0.1, -0.05) is 6.42 Å². The first-order chi connectivity index (χ1) is 10.2. The molecule has 1 aromatic rings. The molecule has 4 nitrogen and oxygen atoms in total. The molecule has 21 heavy (non-hydrogen) atoms. The van der Waals surface area contributed by atoms with Crippen molar-refractivity contribution in [1.29, 1.82) is 0 Å². The van der Waals surface area contributed by atoms with Crippen LogP contribution in [0.4, 0.5) is 0 Å². The third-order valence-electron chi connectivity index (χ3n) is 4.13. The summed E-state index contributed by atoms with van der Waals surface area (Å²) in [5.74, 6) is 1.91. The highest BCUT2D eigenvalue weighted by atomic mass is 32.2. The van der Waals surface area contributed by atoms with Crippen LogP contribution in [-0.4, -0.2) is 38.2 Å². The Bertz CT molecular complexity index is 467. The number of aliphatic hydroxyl groups excluding tert-OH is 1. The van der Waals surface area contributed by atoms with E-state index in [4.69, 9.17) is 9.47 Å². The Hall–Kier alpha value is -0.910. The van der Waals surface area contributed by atoms with Crippen molar-refractivity contribution in [2.45, 2.75) is 36.8 Å². The van der Waals surface area contributed by atoms with Crippen LogP contribution in [0, 0.1) is 5.92 Å². The van der Waals surface area contributed by atoms with Crippen molar-refractivity contribution in [3.63, 3.8) is 0 Å². The van der Waals surface area contributed by atoms with Crippen LogP contribution in [-0.2, 0) is 6.54 Å². The van der Waals surface area contributed by atoms with Gasteiger partial charge in [-0.3, -0.25) is 0 Å². The van der Waals surface area contributed by atoms with Crippen molar-refractivity contribution in [2.24, 2.45) is 5.92 Å². The molecule has 1 fully saturated rings. The minimum Gasteiger partial charge on any atom is -0.493 e. The number of nitrogens with one attached hydrogen (secondary N) is 1. The predicted molar refractivity (Wildman–Crippen MR) is 86.4 cm³/mol. The second-order valence-electron chi connectivity index (χ2n) is 5.41. The first-order valence-corrected chi connectivity index (χ1v) is 8.59. The highest BCUT2D eigenvalue weighted by molar-refractivity contribution is 7.98. The van der Waals surface area contributed by atoms with Gasteiger partial charge >= 0.3 is 0 Å². The monoisotopic (exact) mass is 311 g/mol. The molecule has 1 aliphatic rings. The molecule has 0 aliphatic heterocycles. The SMILES string of the molecule is COc1cc(CNCC2CCCC2O)c(SC)cc1OC. The van der Waals surface area contributed by atoms with Gasteiger partial charge in [-0.25, -0.2) is 0 Å². The number of rotatable bonds is 7. The lowest BCUT2D eigenvalue weighted by Crippen LogP contribution is -2.27. The van der Waals surface area contributed by atoms with Crippen LogP contribution < -0.4 is 14.8 Å². The van der Waals surface area contributed by atoms with Crippen molar-refractivity contribution in [3.8, 4) is 11.5 Å². The maximum absolute atomic E-state index is 9.86. The van der Waals surface area contributed by atoms with E-state index < -0.39 is 0 Å². The van der Waals surface area contributed by atoms with Crippen molar-refractivity contribution >= 4 is 11.8 Å². The van der Waals surface area contributed by atoms with Gasteiger partial charge in [0, 0.05) is 18.0 Å². The zero-order valence-corrected chi connectivity index (χ0v) is 13.8. The second-order valence-corrected chi connectivity index (χ2v) is 6.26. The third-order valence-corrected chi connectivity index (χ3v) is 4.95. The van der Waals surface area contributed by atoms with E-state index in [1.165, 1.54) is 10.5 Å². The van der Waals surface area contributed by atoms with Crippen LogP contribution in [0.2, 0.25) is 0 Å². The number of benzene rings is 1. The molecule has 0 spiro atoms. The van der Waals surface area contributed by atoms with E-state index in [0.29, 0.717) is 5.92 Å². The first kappa shape index (κ1) is 16.5. The van der Waals surface area contributed by atoms with Gasteiger partial charge in [-0.05, 0) is 42.7 Å². The molecule has 2 atom stereocenters. The lowest BCUT2D eigenvalue weighted by atomic mass is 10.1.